The average Bonchev–Trinajstić information content (AvgIpc) is 3.10. The molecule has 0 bridgehead atoms. The number of aryl methyl sites for hydroxylation is 2. The van der Waals surface area contributed by atoms with E-state index in [2.05, 4.69) is 16.5 Å². The molecule has 2 heterocycles. The van der Waals surface area contributed by atoms with Crippen LogP contribution in [0.5, 0.6) is 0 Å². The Bertz CT molecular complexity index is 665. The van der Waals surface area contributed by atoms with Gasteiger partial charge >= 0.3 is 0 Å². The average molecular weight is 300 g/mol. The molecule has 0 aliphatic heterocycles. The summed E-state index contributed by atoms with van der Waals surface area (Å²) < 4.78 is 7.01. The number of hydrogen-bond acceptors (Lipinski definition) is 4. The summed E-state index contributed by atoms with van der Waals surface area (Å²) in [5, 5.41) is 15.9. The molecule has 1 N–H and O–H groups in total. The van der Waals surface area contributed by atoms with Crippen molar-refractivity contribution in [3.63, 3.8) is 0 Å². The van der Waals surface area contributed by atoms with Gasteiger partial charge in [-0.05, 0) is 38.0 Å². The molecule has 0 fully saturated rings. The summed E-state index contributed by atoms with van der Waals surface area (Å²) in [5.74, 6) is 0.727. The Balaban J connectivity index is 1.87. The third kappa shape index (κ3) is 3.98. The van der Waals surface area contributed by atoms with Crippen molar-refractivity contribution in [1.29, 1.82) is 5.26 Å². The molecule has 0 aliphatic carbocycles. The molecule has 0 saturated heterocycles. The first-order chi connectivity index (χ1) is 10.6. The van der Waals surface area contributed by atoms with Gasteiger partial charge in [-0.15, -0.1) is 0 Å². The molecular formula is C16H20N4O2. The Morgan fingerprint density at radius 2 is 2.32 bits per heavy atom. The zero-order valence-electron chi connectivity index (χ0n) is 12.9. The van der Waals surface area contributed by atoms with Crippen LogP contribution >= 0.6 is 0 Å². The topological polar surface area (TPSA) is 83.8 Å². The van der Waals surface area contributed by atoms with E-state index in [1.165, 1.54) is 0 Å². The van der Waals surface area contributed by atoms with Crippen LogP contribution in [0.2, 0.25) is 0 Å². The summed E-state index contributed by atoms with van der Waals surface area (Å²) in [4.78, 5) is 11.9. The van der Waals surface area contributed by atoms with Crippen LogP contribution in [0.4, 0.5) is 0 Å². The van der Waals surface area contributed by atoms with E-state index in [1.807, 2.05) is 24.6 Å². The summed E-state index contributed by atoms with van der Waals surface area (Å²) in [7, 11) is 0. The Kier molecular flexibility index (Phi) is 5.37. The maximum Gasteiger partial charge on any atom is 0.220 e. The molecule has 0 radical (unpaired) electrons. The first-order valence-corrected chi connectivity index (χ1v) is 7.30. The van der Waals surface area contributed by atoms with Crippen LogP contribution < -0.4 is 5.32 Å². The lowest BCUT2D eigenvalue weighted by molar-refractivity contribution is -0.121. The molecule has 0 aliphatic rings. The zero-order valence-corrected chi connectivity index (χ0v) is 12.9. The molecule has 1 amide bonds. The van der Waals surface area contributed by atoms with Gasteiger partial charge in [0, 0.05) is 12.1 Å². The minimum absolute atomic E-state index is 0.0139. The van der Waals surface area contributed by atoms with Gasteiger partial charge in [0.05, 0.1) is 37.5 Å². The Hall–Kier alpha value is -2.55. The quantitative estimate of drug-likeness (QED) is 0.850. The lowest BCUT2D eigenvalue weighted by atomic mass is 10.1. The number of amides is 1. The van der Waals surface area contributed by atoms with Gasteiger partial charge in [0.25, 0.3) is 0 Å². The van der Waals surface area contributed by atoms with Gasteiger partial charge in [0.2, 0.25) is 5.91 Å². The third-order valence-corrected chi connectivity index (χ3v) is 3.61. The van der Waals surface area contributed by atoms with Crippen molar-refractivity contribution in [2.75, 3.05) is 0 Å². The molecule has 6 nitrogen and oxygen atoms in total. The van der Waals surface area contributed by atoms with Crippen LogP contribution in [0, 0.1) is 25.2 Å². The van der Waals surface area contributed by atoms with E-state index in [0.717, 1.165) is 22.7 Å². The van der Waals surface area contributed by atoms with Crippen molar-refractivity contribution in [2.45, 2.75) is 46.2 Å². The highest BCUT2D eigenvalue weighted by atomic mass is 16.3. The number of nitriles is 1. The monoisotopic (exact) mass is 300 g/mol. The van der Waals surface area contributed by atoms with E-state index in [9.17, 15) is 4.79 Å². The lowest BCUT2D eigenvalue weighted by Gasteiger charge is -2.05. The van der Waals surface area contributed by atoms with Gasteiger partial charge in [-0.2, -0.15) is 10.4 Å². The van der Waals surface area contributed by atoms with Crippen LogP contribution in [0.15, 0.2) is 22.8 Å². The maximum atomic E-state index is 11.9. The summed E-state index contributed by atoms with van der Waals surface area (Å²) in [6.07, 6.45) is 3.08. The smallest absolute Gasteiger partial charge is 0.220 e. The molecule has 2 aromatic heterocycles. The molecule has 0 saturated carbocycles. The number of furan rings is 1. The molecule has 6 heteroatoms. The fraction of sp³-hybridized carbons (Fsp3) is 0.438. The maximum absolute atomic E-state index is 11.9. The zero-order chi connectivity index (χ0) is 15.9. The van der Waals surface area contributed by atoms with E-state index in [-0.39, 0.29) is 5.91 Å². The van der Waals surface area contributed by atoms with Gasteiger partial charge in [0.15, 0.2) is 0 Å². The lowest BCUT2D eigenvalue weighted by Crippen LogP contribution is -2.22. The second-order valence-electron chi connectivity index (χ2n) is 5.14. The van der Waals surface area contributed by atoms with E-state index in [4.69, 9.17) is 9.68 Å². The Morgan fingerprint density at radius 3 is 3.00 bits per heavy atom. The molecule has 0 spiro atoms. The van der Waals surface area contributed by atoms with Crippen LogP contribution in [0.25, 0.3) is 0 Å². The predicted octanol–water partition coefficient (Wildman–Crippen LogP) is 2.26. The fourth-order valence-electron chi connectivity index (χ4n) is 2.40. The fourth-order valence-corrected chi connectivity index (χ4v) is 2.40. The molecule has 0 unspecified atom stereocenters. The van der Waals surface area contributed by atoms with Crippen molar-refractivity contribution < 1.29 is 9.21 Å². The number of carbonyl (C=O) groups is 1. The molecule has 2 rings (SSSR count). The van der Waals surface area contributed by atoms with Crippen LogP contribution in [-0.2, 0) is 24.3 Å². The van der Waals surface area contributed by atoms with Gasteiger partial charge < -0.3 is 9.73 Å². The molecule has 0 atom stereocenters. The minimum atomic E-state index is -0.0139. The largest absolute Gasteiger partial charge is 0.467 e. The normalized spacial score (nSPS) is 10.4. The number of carbonyl (C=O) groups excluding carboxylic acids is 1. The predicted molar refractivity (Wildman–Crippen MR) is 80.8 cm³/mol. The van der Waals surface area contributed by atoms with Crippen molar-refractivity contribution in [1.82, 2.24) is 15.1 Å². The van der Waals surface area contributed by atoms with Crippen LogP contribution in [0.1, 0.15) is 35.6 Å². The van der Waals surface area contributed by atoms with E-state index in [1.54, 1.807) is 12.3 Å². The van der Waals surface area contributed by atoms with E-state index >= 15 is 0 Å². The van der Waals surface area contributed by atoms with Gasteiger partial charge in [-0.1, -0.05) is 0 Å². The number of nitrogens with zero attached hydrogens (tertiary/aromatic N) is 3. The third-order valence-electron chi connectivity index (χ3n) is 3.61. The van der Waals surface area contributed by atoms with Gasteiger partial charge in [0.1, 0.15) is 5.76 Å². The SMILES string of the molecule is Cc1nn(CCC#N)c(C)c1CCC(=O)NCc1ccco1. The highest BCUT2D eigenvalue weighted by Crippen LogP contribution is 2.15. The molecule has 116 valence electrons. The number of aromatic nitrogens is 2. The number of hydrogen-bond donors (Lipinski definition) is 1. The molecule has 22 heavy (non-hydrogen) atoms. The molecule has 2 aromatic rings. The summed E-state index contributed by atoms with van der Waals surface area (Å²) in [5.41, 5.74) is 3.05. The Morgan fingerprint density at radius 1 is 1.50 bits per heavy atom. The second-order valence-corrected chi connectivity index (χ2v) is 5.14. The van der Waals surface area contributed by atoms with Crippen molar-refractivity contribution in [3.05, 3.63) is 41.1 Å². The summed E-state index contributed by atoms with van der Waals surface area (Å²) in [6.45, 7) is 4.92. The van der Waals surface area contributed by atoms with Crippen LogP contribution in [0.3, 0.4) is 0 Å². The van der Waals surface area contributed by atoms with Gasteiger partial charge in [-0.25, -0.2) is 0 Å². The number of rotatable bonds is 7. The molecule has 0 aromatic carbocycles. The first kappa shape index (κ1) is 15.8. The van der Waals surface area contributed by atoms with Crippen molar-refractivity contribution in [2.24, 2.45) is 0 Å². The highest BCUT2D eigenvalue weighted by Gasteiger charge is 2.13. The number of nitrogens with one attached hydrogen (secondary N) is 1. The minimum Gasteiger partial charge on any atom is -0.467 e. The second kappa shape index (κ2) is 7.46. The highest BCUT2D eigenvalue weighted by molar-refractivity contribution is 5.76. The molecular weight excluding hydrogens is 280 g/mol. The first-order valence-electron chi connectivity index (χ1n) is 7.30. The van der Waals surface area contributed by atoms with E-state index < -0.39 is 0 Å². The Labute approximate surface area is 129 Å². The van der Waals surface area contributed by atoms with Crippen LogP contribution in [-0.4, -0.2) is 15.7 Å². The summed E-state index contributed by atoms with van der Waals surface area (Å²) in [6, 6.07) is 5.74. The van der Waals surface area contributed by atoms with Gasteiger partial charge in [-0.3, -0.25) is 9.48 Å². The van der Waals surface area contributed by atoms with Crippen molar-refractivity contribution >= 4 is 5.91 Å². The summed E-state index contributed by atoms with van der Waals surface area (Å²) >= 11 is 0. The standard InChI is InChI=1S/C16H20N4O2/c1-12-15(13(2)20(19-12)9-4-8-17)6-7-16(21)18-11-14-5-3-10-22-14/h3,5,10H,4,6-7,9,11H2,1-2H3,(H,18,21). The van der Waals surface area contributed by atoms with E-state index in [0.29, 0.717) is 32.4 Å². The van der Waals surface area contributed by atoms with Crippen molar-refractivity contribution in [3.8, 4) is 6.07 Å².